The molecular weight excluding hydrogens is 309 g/mol. The summed E-state index contributed by atoms with van der Waals surface area (Å²) in [4.78, 5) is 9.24. The Kier molecular flexibility index (Phi) is 4.57. The van der Waals surface area contributed by atoms with Gasteiger partial charge in [0.05, 0.1) is 18.1 Å². The molecule has 3 nitrogen and oxygen atoms in total. The van der Waals surface area contributed by atoms with E-state index >= 15 is 0 Å². The van der Waals surface area contributed by atoms with Gasteiger partial charge >= 0.3 is 0 Å². The summed E-state index contributed by atoms with van der Waals surface area (Å²) in [5.74, 6) is 0.965. The molecule has 1 heterocycles. The Morgan fingerprint density at radius 1 is 1.04 bits per heavy atom. The number of hydrogen-bond acceptors (Lipinski definition) is 4. The van der Waals surface area contributed by atoms with E-state index in [4.69, 9.17) is 5.73 Å². The molecule has 0 aliphatic rings. The van der Waals surface area contributed by atoms with Gasteiger partial charge in [-0.25, -0.2) is 9.37 Å². The third kappa shape index (κ3) is 3.35. The average molecular weight is 325 g/mol. The average Bonchev–Trinajstić information content (AvgIpc) is 2.57. The maximum atomic E-state index is 14.5. The largest absolute Gasteiger partial charge is 0.382 e. The van der Waals surface area contributed by atoms with Crippen LogP contribution in [0.2, 0.25) is 0 Å². The first-order valence-corrected chi connectivity index (χ1v) is 8.27. The number of halogens is 1. The zero-order valence-corrected chi connectivity index (χ0v) is 13.5. The van der Waals surface area contributed by atoms with Gasteiger partial charge in [0.15, 0.2) is 0 Å². The van der Waals surface area contributed by atoms with Gasteiger partial charge in [0, 0.05) is 10.5 Å². The Bertz CT molecular complexity index is 819. The molecule has 23 heavy (non-hydrogen) atoms. The number of thioether (sulfide) groups is 1. The number of nitrogens with zero attached hydrogens (tertiary/aromatic N) is 2. The second-order valence-corrected chi connectivity index (χ2v) is 6.26. The summed E-state index contributed by atoms with van der Waals surface area (Å²) in [6.07, 6.45) is 2.91. The topological polar surface area (TPSA) is 51.8 Å². The number of nitrogens with two attached hydrogens (primary N) is 1. The highest BCUT2D eigenvalue weighted by Crippen LogP contribution is 2.33. The molecule has 0 saturated carbocycles. The molecule has 0 atom stereocenters. The summed E-state index contributed by atoms with van der Waals surface area (Å²) >= 11 is 1.75. The van der Waals surface area contributed by atoms with Crippen molar-refractivity contribution in [2.24, 2.45) is 0 Å². The van der Waals surface area contributed by atoms with Crippen LogP contribution in [0.25, 0.3) is 22.4 Å². The minimum absolute atomic E-state index is 0.316. The monoisotopic (exact) mass is 325 g/mol. The van der Waals surface area contributed by atoms with E-state index in [1.165, 1.54) is 12.4 Å². The number of aromatic nitrogens is 2. The van der Waals surface area contributed by atoms with Crippen LogP contribution in [-0.2, 0) is 0 Å². The maximum absolute atomic E-state index is 14.5. The normalized spacial score (nSPS) is 10.7. The van der Waals surface area contributed by atoms with Crippen molar-refractivity contribution in [1.29, 1.82) is 0 Å². The highest BCUT2D eigenvalue weighted by Gasteiger charge is 2.11. The molecule has 3 rings (SSSR count). The van der Waals surface area contributed by atoms with E-state index in [2.05, 4.69) is 23.0 Å². The Morgan fingerprint density at radius 3 is 2.57 bits per heavy atom. The smallest absolute Gasteiger partial charge is 0.141 e. The summed E-state index contributed by atoms with van der Waals surface area (Å²) in [6, 6.07) is 13.2. The SMILES string of the molecule is CCSc1ccccc1-c1ccc(-c2cnc(N)cn2)c(F)c1. The van der Waals surface area contributed by atoms with Gasteiger partial charge in [0.25, 0.3) is 0 Å². The second kappa shape index (κ2) is 6.79. The Balaban J connectivity index is 2.01. The first-order valence-electron chi connectivity index (χ1n) is 7.28. The van der Waals surface area contributed by atoms with Gasteiger partial charge in [0.1, 0.15) is 11.6 Å². The lowest BCUT2D eigenvalue weighted by Crippen LogP contribution is -1.94. The van der Waals surface area contributed by atoms with E-state index in [1.807, 2.05) is 24.3 Å². The van der Waals surface area contributed by atoms with Crippen molar-refractivity contribution in [2.45, 2.75) is 11.8 Å². The molecule has 0 bridgehead atoms. The lowest BCUT2D eigenvalue weighted by Gasteiger charge is -2.10. The van der Waals surface area contributed by atoms with Crippen molar-refractivity contribution < 1.29 is 4.39 Å². The van der Waals surface area contributed by atoms with Crippen molar-refractivity contribution in [3.8, 4) is 22.4 Å². The molecule has 2 aromatic carbocycles. The molecule has 116 valence electrons. The number of benzene rings is 2. The molecule has 0 radical (unpaired) electrons. The van der Waals surface area contributed by atoms with Crippen LogP contribution in [0.5, 0.6) is 0 Å². The van der Waals surface area contributed by atoms with Crippen molar-refractivity contribution in [1.82, 2.24) is 9.97 Å². The van der Waals surface area contributed by atoms with Crippen LogP contribution in [0.1, 0.15) is 6.92 Å². The molecule has 0 amide bonds. The van der Waals surface area contributed by atoms with Crippen LogP contribution in [0.3, 0.4) is 0 Å². The van der Waals surface area contributed by atoms with E-state index in [0.717, 1.165) is 21.8 Å². The fourth-order valence-corrected chi connectivity index (χ4v) is 3.18. The molecule has 1 aromatic heterocycles. The van der Waals surface area contributed by atoms with E-state index < -0.39 is 0 Å². The van der Waals surface area contributed by atoms with Gasteiger partial charge in [-0.05, 0) is 35.1 Å². The van der Waals surface area contributed by atoms with Crippen molar-refractivity contribution in [2.75, 3.05) is 11.5 Å². The summed E-state index contributed by atoms with van der Waals surface area (Å²) in [7, 11) is 0. The molecule has 0 fully saturated rings. The summed E-state index contributed by atoms with van der Waals surface area (Å²) in [5.41, 5.74) is 8.30. The van der Waals surface area contributed by atoms with Crippen LogP contribution in [0.4, 0.5) is 10.2 Å². The fraction of sp³-hybridized carbons (Fsp3) is 0.111. The van der Waals surface area contributed by atoms with Crippen molar-refractivity contribution >= 4 is 17.6 Å². The van der Waals surface area contributed by atoms with Crippen LogP contribution < -0.4 is 5.73 Å². The highest BCUT2D eigenvalue weighted by atomic mass is 32.2. The van der Waals surface area contributed by atoms with Crippen LogP contribution in [0, 0.1) is 5.82 Å². The third-order valence-corrected chi connectivity index (χ3v) is 4.37. The Labute approximate surface area is 138 Å². The first-order chi connectivity index (χ1) is 11.2. The van der Waals surface area contributed by atoms with Crippen molar-refractivity contribution in [3.05, 3.63) is 60.7 Å². The zero-order valence-electron chi connectivity index (χ0n) is 12.7. The molecular formula is C18H16FN3S. The van der Waals surface area contributed by atoms with Crippen LogP contribution in [-0.4, -0.2) is 15.7 Å². The van der Waals surface area contributed by atoms with Crippen LogP contribution >= 0.6 is 11.8 Å². The zero-order chi connectivity index (χ0) is 16.2. The summed E-state index contributed by atoms with van der Waals surface area (Å²) in [6.45, 7) is 2.10. The van der Waals surface area contributed by atoms with E-state index in [1.54, 1.807) is 23.9 Å². The fourth-order valence-electron chi connectivity index (χ4n) is 2.35. The maximum Gasteiger partial charge on any atom is 0.141 e. The van der Waals surface area contributed by atoms with Crippen molar-refractivity contribution in [3.63, 3.8) is 0 Å². The lowest BCUT2D eigenvalue weighted by molar-refractivity contribution is 0.631. The Hall–Kier alpha value is -2.40. The van der Waals surface area contributed by atoms with Gasteiger partial charge in [-0.1, -0.05) is 31.2 Å². The predicted molar refractivity (Wildman–Crippen MR) is 93.7 cm³/mol. The molecule has 3 aromatic rings. The van der Waals surface area contributed by atoms with E-state index in [9.17, 15) is 4.39 Å². The number of anilines is 1. The second-order valence-electron chi connectivity index (χ2n) is 4.95. The molecule has 0 saturated heterocycles. The van der Waals surface area contributed by atoms with Gasteiger partial charge in [-0.15, -0.1) is 11.8 Å². The summed E-state index contributed by atoms with van der Waals surface area (Å²) in [5, 5.41) is 0. The predicted octanol–water partition coefficient (Wildman–Crippen LogP) is 4.64. The third-order valence-electron chi connectivity index (χ3n) is 3.41. The molecule has 2 N–H and O–H groups in total. The molecule has 0 aliphatic carbocycles. The molecule has 5 heteroatoms. The van der Waals surface area contributed by atoms with Gasteiger partial charge in [-0.2, -0.15) is 0 Å². The highest BCUT2D eigenvalue weighted by molar-refractivity contribution is 7.99. The quantitative estimate of drug-likeness (QED) is 0.710. The van der Waals surface area contributed by atoms with Gasteiger partial charge in [-0.3, -0.25) is 4.98 Å². The minimum atomic E-state index is -0.321. The standard InChI is InChI=1S/C18H16FN3S/c1-2-23-17-6-4-3-5-13(17)12-7-8-14(15(19)9-12)16-10-22-18(20)11-21-16/h3-11H,2H2,1H3,(H2,20,22). The summed E-state index contributed by atoms with van der Waals surface area (Å²) < 4.78 is 14.5. The molecule has 0 spiro atoms. The van der Waals surface area contributed by atoms with E-state index in [-0.39, 0.29) is 5.82 Å². The van der Waals surface area contributed by atoms with Gasteiger partial charge in [0.2, 0.25) is 0 Å². The Morgan fingerprint density at radius 2 is 1.87 bits per heavy atom. The molecule has 0 aliphatic heterocycles. The van der Waals surface area contributed by atoms with E-state index in [0.29, 0.717) is 17.1 Å². The number of hydrogen-bond donors (Lipinski definition) is 1. The van der Waals surface area contributed by atoms with Crippen LogP contribution in [0.15, 0.2) is 59.8 Å². The minimum Gasteiger partial charge on any atom is -0.382 e. The lowest BCUT2D eigenvalue weighted by atomic mass is 10.0. The first kappa shape index (κ1) is 15.5. The van der Waals surface area contributed by atoms with Gasteiger partial charge < -0.3 is 5.73 Å². The number of rotatable bonds is 4. The molecule has 0 unspecified atom stereocenters. The number of nitrogen functional groups attached to an aromatic ring is 1.